The predicted octanol–water partition coefficient (Wildman–Crippen LogP) is 2.74. The van der Waals surface area contributed by atoms with Crippen molar-refractivity contribution < 1.29 is 9.53 Å². The van der Waals surface area contributed by atoms with Gasteiger partial charge >= 0.3 is 5.97 Å². The average Bonchev–Trinajstić information content (AvgIpc) is 2.53. The van der Waals surface area contributed by atoms with E-state index < -0.39 is 0 Å². The van der Waals surface area contributed by atoms with Gasteiger partial charge in [0.15, 0.2) is 0 Å². The number of carbonyl (C=O) groups is 1. The van der Waals surface area contributed by atoms with Crippen molar-refractivity contribution in [1.82, 2.24) is 0 Å². The van der Waals surface area contributed by atoms with Gasteiger partial charge in [0.25, 0.3) is 0 Å². The summed E-state index contributed by atoms with van der Waals surface area (Å²) in [7, 11) is 1.35. The van der Waals surface area contributed by atoms with Gasteiger partial charge in [0.05, 0.1) is 24.3 Å². The van der Waals surface area contributed by atoms with Crippen LogP contribution in [0, 0.1) is 23.2 Å². The second-order valence-corrected chi connectivity index (χ2v) is 4.01. The Labute approximate surface area is 117 Å². The summed E-state index contributed by atoms with van der Waals surface area (Å²) >= 11 is 0. The average molecular weight is 261 g/mol. The van der Waals surface area contributed by atoms with Crippen molar-refractivity contribution in [1.29, 1.82) is 5.26 Å². The summed E-state index contributed by atoms with van der Waals surface area (Å²) in [5, 5.41) is 8.70. The number of nitrogens with zero attached hydrogens (tertiary/aromatic N) is 1. The number of benzene rings is 2. The number of rotatable bonds is 1. The number of hydrogen-bond acceptors (Lipinski definition) is 3. The Balaban J connectivity index is 2.16. The monoisotopic (exact) mass is 261 g/mol. The van der Waals surface area contributed by atoms with Crippen molar-refractivity contribution in [2.75, 3.05) is 7.11 Å². The van der Waals surface area contributed by atoms with E-state index in [0.717, 1.165) is 11.1 Å². The van der Waals surface area contributed by atoms with Gasteiger partial charge in [-0.15, -0.1) is 0 Å². The van der Waals surface area contributed by atoms with Gasteiger partial charge in [-0.2, -0.15) is 5.26 Å². The molecular formula is C17H11NO2. The topological polar surface area (TPSA) is 50.1 Å². The van der Waals surface area contributed by atoms with Crippen molar-refractivity contribution in [3.8, 4) is 17.9 Å². The highest BCUT2D eigenvalue weighted by molar-refractivity contribution is 5.89. The minimum absolute atomic E-state index is 0.364. The zero-order valence-corrected chi connectivity index (χ0v) is 10.9. The standard InChI is InChI=1S/C17H11NO2/c1-20-17(19)16-10-8-14(9-11-16)3-2-13-4-6-15(12-18)7-5-13/h4-11H,1H3. The lowest BCUT2D eigenvalue weighted by Crippen LogP contribution is -2.00. The smallest absolute Gasteiger partial charge is 0.337 e. The minimum Gasteiger partial charge on any atom is -0.465 e. The number of esters is 1. The lowest BCUT2D eigenvalue weighted by molar-refractivity contribution is 0.0601. The molecule has 0 atom stereocenters. The van der Waals surface area contributed by atoms with Gasteiger partial charge in [0, 0.05) is 11.1 Å². The Kier molecular flexibility index (Phi) is 4.17. The maximum absolute atomic E-state index is 11.3. The van der Waals surface area contributed by atoms with E-state index in [2.05, 4.69) is 22.6 Å². The lowest BCUT2D eigenvalue weighted by atomic mass is 10.1. The summed E-state index contributed by atoms with van der Waals surface area (Å²) in [4.78, 5) is 11.3. The van der Waals surface area contributed by atoms with E-state index in [4.69, 9.17) is 5.26 Å². The number of ether oxygens (including phenoxy) is 1. The molecule has 0 heterocycles. The molecule has 0 aliphatic carbocycles. The normalized spacial score (nSPS) is 9.00. The quantitative estimate of drug-likeness (QED) is 0.586. The molecule has 0 radical (unpaired) electrons. The molecule has 0 aromatic heterocycles. The van der Waals surface area contributed by atoms with E-state index in [1.807, 2.05) is 0 Å². The van der Waals surface area contributed by atoms with Crippen LogP contribution in [0.3, 0.4) is 0 Å². The van der Waals surface area contributed by atoms with E-state index >= 15 is 0 Å². The van der Waals surface area contributed by atoms with Gasteiger partial charge in [0.1, 0.15) is 0 Å². The molecule has 3 heteroatoms. The second kappa shape index (κ2) is 6.22. The molecule has 0 unspecified atom stereocenters. The molecule has 0 spiro atoms. The number of carbonyl (C=O) groups excluding carboxylic acids is 1. The summed E-state index contributed by atoms with van der Waals surface area (Å²) in [5.74, 6) is 5.63. The highest BCUT2D eigenvalue weighted by Crippen LogP contribution is 2.06. The van der Waals surface area contributed by atoms with Gasteiger partial charge < -0.3 is 4.74 Å². The molecule has 2 aromatic rings. The third-order valence-corrected chi connectivity index (χ3v) is 2.67. The predicted molar refractivity (Wildman–Crippen MR) is 74.9 cm³/mol. The van der Waals surface area contributed by atoms with Crippen molar-refractivity contribution in [3.63, 3.8) is 0 Å². The molecule has 0 amide bonds. The highest BCUT2D eigenvalue weighted by atomic mass is 16.5. The molecule has 96 valence electrons. The largest absolute Gasteiger partial charge is 0.465 e. The van der Waals surface area contributed by atoms with Crippen LogP contribution >= 0.6 is 0 Å². The summed E-state index contributed by atoms with van der Waals surface area (Å²) in [5.41, 5.74) is 2.75. The van der Waals surface area contributed by atoms with E-state index in [1.54, 1.807) is 48.5 Å². The lowest BCUT2D eigenvalue weighted by Gasteiger charge is -1.98. The summed E-state index contributed by atoms with van der Waals surface area (Å²) in [6, 6.07) is 16.0. The molecule has 0 fully saturated rings. The van der Waals surface area contributed by atoms with Crippen LogP contribution in [0.15, 0.2) is 48.5 Å². The molecule has 20 heavy (non-hydrogen) atoms. The summed E-state index contributed by atoms with van der Waals surface area (Å²) in [6.45, 7) is 0. The molecule has 0 bridgehead atoms. The Hall–Kier alpha value is -3.04. The van der Waals surface area contributed by atoms with Crippen LogP contribution in [0.25, 0.3) is 0 Å². The van der Waals surface area contributed by atoms with Crippen molar-refractivity contribution in [3.05, 3.63) is 70.8 Å². The highest BCUT2D eigenvalue weighted by Gasteiger charge is 2.02. The first kappa shape index (κ1) is 13.4. The van der Waals surface area contributed by atoms with Crippen molar-refractivity contribution in [2.45, 2.75) is 0 Å². The SMILES string of the molecule is COC(=O)c1ccc(C#Cc2ccc(C#N)cc2)cc1. The summed E-state index contributed by atoms with van der Waals surface area (Å²) < 4.78 is 4.63. The second-order valence-electron chi connectivity index (χ2n) is 4.01. The number of nitriles is 1. The molecule has 3 nitrogen and oxygen atoms in total. The van der Waals surface area contributed by atoms with Crippen LogP contribution in [0.1, 0.15) is 27.0 Å². The molecule has 2 aromatic carbocycles. The van der Waals surface area contributed by atoms with Crippen LogP contribution in [-0.4, -0.2) is 13.1 Å². The van der Waals surface area contributed by atoms with Crippen molar-refractivity contribution in [2.24, 2.45) is 0 Å². The Morgan fingerprint density at radius 1 is 0.900 bits per heavy atom. The Bertz CT molecular complexity index is 711. The van der Waals surface area contributed by atoms with E-state index in [-0.39, 0.29) is 5.97 Å². The fourth-order valence-corrected chi connectivity index (χ4v) is 1.58. The minimum atomic E-state index is -0.364. The summed E-state index contributed by atoms with van der Waals surface area (Å²) in [6.07, 6.45) is 0. The van der Waals surface area contributed by atoms with Crippen LogP contribution in [-0.2, 0) is 4.74 Å². The molecule has 0 aliphatic rings. The molecular weight excluding hydrogens is 250 g/mol. The zero-order chi connectivity index (χ0) is 14.4. The first-order chi connectivity index (χ1) is 9.72. The van der Waals surface area contributed by atoms with Crippen LogP contribution < -0.4 is 0 Å². The first-order valence-electron chi connectivity index (χ1n) is 5.93. The third-order valence-electron chi connectivity index (χ3n) is 2.67. The van der Waals surface area contributed by atoms with Gasteiger partial charge in [0.2, 0.25) is 0 Å². The molecule has 0 N–H and O–H groups in total. The number of hydrogen-bond donors (Lipinski definition) is 0. The van der Waals surface area contributed by atoms with Gasteiger partial charge in [-0.25, -0.2) is 4.79 Å². The number of methoxy groups -OCH3 is 1. The Morgan fingerprint density at radius 2 is 1.35 bits per heavy atom. The zero-order valence-electron chi connectivity index (χ0n) is 10.9. The first-order valence-corrected chi connectivity index (χ1v) is 5.93. The van der Waals surface area contributed by atoms with E-state index in [1.165, 1.54) is 7.11 Å². The molecule has 0 aliphatic heterocycles. The van der Waals surface area contributed by atoms with Gasteiger partial charge in [-0.05, 0) is 48.5 Å². The Morgan fingerprint density at radius 3 is 1.80 bits per heavy atom. The maximum atomic E-state index is 11.3. The fraction of sp³-hybridized carbons (Fsp3) is 0.0588. The van der Waals surface area contributed by atoms with E-state index in [9.17, 15) is 4.79 Å². The molecule has 2 rings (SSSR count). The maximum Gasteiger partial charge on any atom is 0.337 e. The third kappa shape index (κ3) is 3.25. The fourth-order valence-electron chi connectivity index (χ4n) is 1.58. The van der Waals surface area contributed by atoms with Gasteiger partial charge in [-0.1, -0.05) is 11.8 Å². The molecule has 0 saturated heterocycles. The van der Waals surface area contributed by atoms with Crippen LogP contribution in [0.4, 0.5) is 0 Å². The van der Waals surface area contributed by atoms with E-state index in [0.29, 0.717) is 11.1 Å². The van der Waals surface area contributed by atoms with Crippen molar-refractivity contribution >= 4 is 5.97 Å². The van der Waals surface area contributed by atoms with Crippen LogP contribution in [0.2, 0.25) is 0 Å². The van der Waals surface area contributed by atoms with Gasteiger partial charge in [-0.3, -0.25) is 0 Å². The van der Waals surface area contributed by atoms with Crippen LogP contribution in [0.5, 0.6) is 0 Å². The molecule has 0 saturated carbocycles.